The molecule has 0 radical (unpaired) electrons. The standard InChI is InChI=1S/C20H23NO3/c22-19(13-15-6-5-14-3-1-2-4-18(14)21-15)9-7-17-16(19)8-10-20(17)23-11-12-24-20/h1-6,16-17,22H,7-13H2/t16-,17-,19-/m1/s1. The summed E-state index contributed by atoms with van der Waals surface area (Å²) in [6, 6.07) is 12.3. The van der Waals surface area contributed by atoms with E-state index >= 15 is 0 Å². The van der Waals surface area contributed by atoms with Crippen LogP contribution in [0.3, 0.4) is 0 Å². The lowest BCUT2D eigenvalue weighted by molar-refractivity contribution is -0.185. The number of aliphatic hydroxyl groups is 1. The highest BCUT2D eigenvalue weighted by molar-refractivity contribution is 5.78. The summed E-state index contributed by atoms with van der Waals surface area (Å²) >= 11 is 0. The lowest BCUT2D eigenvalue weighted by atomic mass is 9.83. The summed E-state index contributed by atoms with van der Waals surface area (Å²) < 4.78 is 11.9. The molecule has 5 rings (SSSR count). The minimum atomic E-state index is -0.682. The number of rotatable bonds is 2. The highest BCUT2D eigenvalue weighted by atomic mass is 16.7. The minimum absolute atomic E-state index is 0.254. The van der Waals surface area contributed by atoms with E-state index in [0.29, 0.717) is 25.6 Å². The van der Waals surface area contributed by atoms with E-state index in [1.54, 1.807) is 0 Å². The molecule has 1 saturated heterocycles. The molecular weight excluding hydrogens is 302 g/mol. The fraction of sp³-hybridized carbons (Fsp3) is 0.550. The Morgan fingerprint density at radius 2 is 1.79 bits per heavy atom. The maximum atomic E-state index is 11.4. The van der Waals surface area contributed by atoms with E-state index in [1.807, 2.05) is 18.2 Å². The Bertz CT molecular complexity index is 770. The molecule has 1 aliphatic heterocycles. The molecular formula is C20H23NO3. The van der Waals surface area contributed by atoms with Crippen molar-refractivity contribution in [2.45, 2.75) is 43.5 Å². The molecule has 1 spiro atoms. The second kappa shape index (κ2) is 5.25. The van der Waals surface area contributed by atoms with Crippen molar-refractivity contribution >= 4 is 10.9 Å². The largest absolute Gasteiger partial charge is 0.389 e. The molecule has 24 heavy (non-hydrogen) atoms. The van der Waals surface area contributed by atoms with Gasteiger partial charge in [0.05, 0.1) is 24.3 Å². The van der Waals surface area contributed by atoms with Crippen LogP contribution < -0.4 is 0 Å². The van der Waals surface area contributed by atoms with Crippen LogP contribution in [0.4, 0.5) is 0 Å². The van der Waals surface area contributed by atoms with Gasteiger partial charge in [-0.2, -0.15) is 0 Å². The zero-order valence-corrected chi connectivity index (χ0v) is 13.8. The summed E-state index contributed by atoms with van der Waals surface area (Å²) in [5, 5.41) is 12.5. The number of nitrogens with zero attached hydrogens (tertiary/aromatic N) is 1. The number of ether oxygens (including phenoxy) is 2. The van der Waals surface area contributed by atoms with E-state index in [4.69, 9.17) is 14.5 Å². The van der Waals surface area contributed by atoms with Crippen molar-refractivity contribution in [1.82, 2.24) is 4.98 Å². The molecule has 3 atom stereocenters. The number of pyridine rings is 1. The van der Waals surface area contributed by atoms with Crippen molar-refractivity contribution in [2.75, 3.05) is 13.2 Å². The Kier molecular flexibility index (Phi) is 3.24. The molecule has 2 heterocycles. The van der Waals surface area contributed by atoms with Crippen molar-refractivity contribution in [2.24, 2.45) is 11.8 Å². The molecule has 2 aromatic rings. The van der Waals surface area contributed by atoms with Gasteiger partial charge in [0, 0.05) is 29.8 Å². The van der Waals surface area contributed by atoms with E-state index in [0.717, 1.165) is 42.3 Å². The summed E-state index contributed by atoms with van der Waals surface area (Å²) in [5.41, 5.74) is 1.29. The first kappa shape index (κ1) is 14.8. The minimum Gasteiger partial charge on any atom is -0.389 e. The number of fused-ring (bicyclic) bond motifs is 3. The number of hydrogen-bond acceptors (Lipinski definition) is 4. The van der Waals surface area contributed by atoms with Crippen molar-refractivity contribution in [3.8, 4) is 0 Å². The summed E-state index contributed by atoms with van der Waals surface area (Å²) in [4.78, 5) is 4.76. The van der Waals surface area contributed by atoms with Crippen molar-refractivity contribution in [3.05, 3.63) is 42.1 Å². The third kappa shape index (κ3) is 2.13. The highest BCUT2D eigenvalue weighted by Gasteiger charge is 2.61. The highest BCUT2D eigenvalue weighted by Crippen LogP contribution is 2.57. The first-order valence-corrected chi connectivity index (χ1v) is 9.04. The van der Waals surface area contributed by atoms with Gasteiger partial charge in [0.15, 0.2) is 5.79 Å². The van der Waals surface area contributed by atoms with Crippen molar-refractivity contribution in [1.29, 1.82) is 0 Å². The van der Waals surface area contributed by atoms with E-state index < -0.39 is 11.4 Å². The number of benzene rings is 1. The first-order valence-electron chi connectivity index (χ1n) is 9.04. The normalized spacial score (nSPS) is 34.2. The SMILES string of the molecule is O[C@@]1(Cc2ccc3ccccc3n2)CC[C@@H]2[C@H]1CCC21OCCO1. The van der Waals surface area contributed by atoms with Gasteiger partial charge in [0.1, 0.15) is 0 Å². The topological polar surface area (TPSA) is 51.6 Å². The van der Waals surface area contributed by atoms with Crippen LogP contribution in [0.1, 0.15) is 31.4 Å². The zero-order valence-electron chi connectivity index (χ0n) is 13.8. The van der Waals surface area contributed by atoms with E-state index in [-0.39, 0.29) is 5.92 Å². The molecule has 2 saturated carbocycles. The van der Waals surface area contributed by atoms with Crippen LogP contribution in [-0.2, 0) is 15.9 Å². The molecule has 3 fully saturated rings. The Morgan fingerprint density at radius 1 is 1.00 bits per heavy atom. The van der Waals surface area contributed by atoms with Gasteiger partial charge in [-0.25, -0.2) is 0 Å². The maximum Gasteiger partial charge on any atom is 0.171 e. The molecule has 1 aromatic carbocycles. The predicted octanol–water partition coefficient (Wildman–Crippen LogP) is 3.07. The van der Waals surface area contributed by atoms with Gasteiger partial charge in [0.25, 0.3) is 0 Å². The summed E-state index contributed by atoms with van der Waals surface area (Å²) in [7, 11) is 0. The molecule has 4 heteroatoms. The van der Waals surface area contributed by atoms with Crippen LogP contribution in [0.2, 0.25) is 0 Å². The molecule has 2 aliphatic carbocycles. The van der Waals surface area contributed by atoms with Crippen LogP contribution in [0.5, 0.6) is 0 Å². The van der Waals surface area contributed by atoms with Crippen LogP contribution in [-0.4, -0.2) is 34.7 Å². The van der Waals surface area contributed by atoms with Crippen LogP contribution in [0.15, 0.2) is 36.4 Å². The van der Waals surface area contributed by atoms with E-state index in [1.165, 1.54) is 0 Å². The fourth-order valence-electron chi connectivity index (χ4n) is 5.27. The average molecular weight is 325 g/mol. The monoisotopic (exact) mass is 325 g/mol. The summed E-state index contributed by atoms with van der Waals surface area (Å²) in [6.45, 7) is 1.38. The molecule has 126 valence electrons. The maximum absolute atomic E-state index is 11.4. The molecule has 1 aromatic heterocycles. The van der Waals surface area contributed by atoms with Gasteiger partial charge < -0.3 is 14.6 Å². The molecule has 0 bridgehead atoms. The number of hydrogen-bond donors (Lipinski definition) is 1. The second-order valence-electron chi connectivity index (χ2n) is 7.57. The Hall–Kier alpha value is -1.49. The first-order chi connectivity index (χ1) is 11.7. The summed E-state index contributed by atoms with van der Waals surface area (Å²) in [5.74, 6) is 0.167. The molecule has 0 amide bonds. The average Bonchev–Trinajstić information content (AvgIpc) is 3.28. The van der Waals surface area contributed by atoms with Crippen LogP contribution in [0.25, 0.3) is 10.9 Å². The van der Waals surface area contributed by atoms with Gasteiger partial charge in [-0.3, -0.25) is 4.98 Å². The number of aromatic nitrogens is 1. The van der Waals surface area contributed by atoms with Gasteiger partial charge in [-0.05, 0) is 37.3 Å². The summed E-state index contributed by atoms with van der Waals surface area (Å²) in [6.07, 6.45) is 4.31. The lowest BCUT2D eigenvalue weighted by Gasteiger charge is -2.31. The predicted molar refractivity (Wildman–Crippen MR) is 90.5 cm³/mol. The quantitative estimate of drug-likeness (QED) is 0.922. The molecule has 1 N–H and O–H groups in total. The van der Waals surface area contributed by atoms with E-state index in [2.05, 4.69) is 18.2 Å². The third-order valence-electron chi connectivity index (χ3n) is 6.35. The van der Waals surface area contributed by atoms with Crippen LogP contribution >= 0.6 is 0 Å². The Morgan fingerprint density at radius 3 is 2.67 bits per heavy atom. The van der Waals surface area contributed by atoms with Gasteiger partial charge >= 0.3 is 0 Å². The molecule has 3 aliphatic rings. The van der Waals surface area contributed by atoms with Crippen molar-refractivity contribution < 1.29 is 14.6 Å². The smallest absolute Gasteiger partial charge is 0.171 e. The van der Waals surface area contributed by atoms with E-state index in [9.17, 15) is 5.11 Å². The molecule has 4 nitrogen and oxygen atoms in total. The van der Waals surface area contributed by atoms with Gasteiger partial charge in [-0.15, -0.1) is 0 Å². The lowest BCUT2D eigenvalue weighted by Crippen LogP contribution is -2.40. The molecule has 0 unspecified atom stereocenters. The van der Waals surface area contributed by atoms with Gasteiger partial charge in [-0.1, -0.05) is 24.3 Å². The number of para-hydroxylation sites is 1. The Balaban J connectivity index is 1.42. The Labute approximate surface area is 141 Å². The van der Waals surface area contributed by atoms with Crippen molar-refractivity contribution in [3.63, 3.8) is 0 Å². The zero-order chi connectivity index (χ0) is 16.2. The van der Waals surface area contributed by atoms with Gasteiger partial charge in [0.2, 0.25) is 0 Å². The fourth-order valence-corrected chi connectivity index (χ4v) is 5.27. The third-order valence-corrected chi connectivity index (χ3v) is 6.35. The second-order valence-corrected chi connectivity index (χ2v) is 7.57. The van der Waals surface area contributed by atoms with Crippen LogP contribution in [0, 0.1) is 11.8 Å².